The first kappa shape index (κ1) is 22.7. The number of carboxylic acids is 1. The highest BCUT2D eigenvalue weighted by Crippen LogP contribution is 2.31. The number of aromatic carboxylic acids is 1. The average molecular weight is 510 g/mol. The molecule has 0 radical (unpaired) electrons. The SMILES string of the molecule is Cn1c(C(=O)O)ccc1S(=O)(=O)Nc1ccc(Cl)cc1NS(=O)(=O)c1cc2ccccc2o1. The molecule has 10 nitrogen and oxygen atoms in total. The number of anilines is 2. The second-order valence-corrected chi connectivity index (χ2v) is 10.6. The molecule has 0 unspecified atom stereocenters. The first-order chi connectivity index (χ1) is 15.5. The fraction of sp³-hybridized carbons (Fsp3) is 0.0500. The van der Waals surface area contributed by atoms with Crippen molar-refractivity contribution in [3.63, 3.8) is 0 Å². The monoisotopic (exact) mass is 509 g/mol. The summed E-state index contributed by atoms with van der Waals surface area (Å²) in [6, 6.07) is 14.2. The van der Waals surface area contributed by atoms with E-state index in [9.17, 15) is 21.6 Å². The highest BCUT2D eigenvalue weighted by atomic mass is 35.5. The minimum absolute atomic E-state index is 0.128. The van der Waals surface area contributed by atoms with Gasteiger partial charge in [-0.1, -0.05) is 29.8 Å². The van der Waals surface area contributed by atoms with Gasteiger partial charge in [-0.15, -0.1) is 0 Å². The molecule has 33 heavy (non-hydrogen) atoms. The lowest BCUT2D eigenvalue weighted by molar-refractivity contribution is 0.0685. The quantitative estimate of drug-likeness (QED) is 0.344. The van der Waals surface area contributed by atoms with E-state index in [1.807, 2.05) is 0 Å². The number of hydrogen-bond acceptors (Lipinski definition) is 6. The van der Waals surface area contributed by atoms with Crippen LogP contribution in [0.3, 0.4) is 0 Å². The molecule has 13 heteroatoms. The summed E-state index contributed by atoms with van der Waals surface area (Å²) in [7, 11) is -7.24. The first-order valence-electron chi connectivity index (χ1n) is 9.21. The van der Waals surface area contributed by atoms with E-state index in [0.29, 0.717) is 11.0 Å². The normalized spacial score (nSPS) is 12.1. The molecule has 172 valence electrons. The van der Waals surface area contributed by atoms with Gasteiger partial charge in [0.1, 0.15) is 11.3 Å². The number of furan rings is 1. The van der Waals surface area contributed by atoms with Crippen LogP contribution >= 0.6 is 11.6 Å². The first-order valence-corrected chi connectivity index (χ1v) is 12.6. The topological polar surface area (TPSA) is 148 Å². The minimum Gasteiger partial charge on any atom is -0.477 e. The van der Waals surface area contributed by atoms with Crippen molar-refractivity contribution in [2.24, 2.45) is 7.05 Å². The molecule has 0 atom stereocenters. The lowest BCUT2D eigenvalue weighted by Gasteiger charge is -2.15. The summed E-state index contributed by atoms with van der Waals surface area (Å²) in [6.07, 6.45) is 0. The van der Waals surface area contributed by atoms with Crippen molar-refractivity contribution in [2.75, 3.05) is 9.44 Å². The predicted molar refractivity (Wildman–Crippen MR) is 122 cm³/mol. The molecule has 2 aromatic carbocycles. The summed E-state index contributed by atoms with van der Waals surface area (Å²) in [5.74, 6) is -1.30. The van der Waals surface area contributed by atoms with Gasteiger partial charge in [0.15, 0.2) is 5.03 Å². The lowest BCUT2D eigenvalue weighted by Crippen LogP contribution is -2.20. The zero-order valence-corrected chi connectivity index (χ0v) is 19.2. The van der Waals surface area contributed by atoms with Crippen molar-refractivity contribution in [3.05, 3.63) is 71.4 Å². The number of para-hydroxylation sites is 1. The van der Waals surface area contributed by atoms with Crippen LogP contribution in [-0.2, 0) is 27.1 Å². The summed E-state index contributed by atoms with van der Waals surface area (Å²) < 4.78 is 62.5. The molecule has 0 saturated carbocycles. The number of rotatable bonds is 7. The van der Waals surface area contributed by atoms with Crippen LogP contribution < -0.4 is 9.44 Å². The zero-order valence-electron chi connectivity index (χ0n) is 16.8. The highest BCUT2D eigenvalue weighted by Gasteiger charge is 2.25. The standard InChI is InChI=1S/C20H16ClN3O7S2/c1-24-16(20(25)26)8-9-18(24)32(27,28)22-14-7-6-13(21)11-15(14)23-33(29,30)19-10-12-4-2-3-5-17(12)31-19/h2-11,22-23H,1H3,(H,25,26). The number of fused-ring (bicyclic) bond motifs is 1. The van der Waals surface area contributed by atoms with Crippen LogP contribution in [0.15, 0.2) is 75.2 Å². The van der Waals surface area contributed by atoms with Crippen molar-refractivity contribution < 1.29 is 31.2 Å². The number of nitrogens with one attached hydrogen (secondary N) is 2. The fourth-order valence-electron chi connectivity index (χ4n) is 3.15. The van der Waals surface area contributed by atoms with Gasteiger partial charge in [0.05, 0.1) is 11.4 Å². The van der Waals surface area contributed by atoms with E-state index < -0.39 is 26.0 Å². The molecule has 0 bridgehead atoms. The molecule has 0 saturated heterocycles. The molecular weight excluding hydrogens is 494 g/mol. The Morgan fingerprint density at radius 3 is 2.30 bits per heavy atom. The lowest BCUT2D eigenvalue weighted by atomic mass is 10.3. The molecular formula is C20H16ClN3O7S2. The molecule has 4 rings (SSSR count). The van der Waals surface area contributed by atoms with Crippen LogP contribution in [0.25, 0.3) is 11.0 Å². The van der Waals surface area contributed by atoms with Crippen LogP contribution in [0.4, 0.5) is 11.4 Å². The molecule has 2 aromatic heterocycles. The molecule has 0 amide bonds. The molecule has 0 aliphatic rings. The van der Waals surface area contributed by atoms with Gasteiger partial charge in [-0.05, 0) is 36.4 Å². The van der Waals surface area contributed by atoms with Crippen molar-refractivity contribution in [1.82, 2.24) is 4.57 Å². The van der Waals surface area contributed by atoms with E-state index in [4.69, 9.17) is 21.1 Å². The number of hydrogen-bond donors (Lipinski definition) is 3. The zero-order chi connectivity index (χ0) is 24.0. The fourth-order valence-corrected chi connectivity index (χ4v) is 5.64. The van der Waals surface area contributed by atoms with E-state index in [2.05, 4.69) is 9.44 Å². The third kappa shape index (κ3) is 4.40. The van der Waals surface area contributed by atoms with Crippen molar-refractivity contribution in [3.8, 4) is 0 Å². The maximum atomic E-state index is 12.9. The van der Waals surface area contributed by atoms with Gasteiger partial charge in [0, 0.05) is 23.5 Å². The number of aromatic nitrogens is 1. The number of halogens is 1. The van der Waals surface area contributed by atoms with Gasteiger partial charge in [0.25, 0.3) is 20.0 Å². The van der Waals surface area contributed by atoms with Gasteiger partial charge in [0.2, 0.25) is 5.09 Å². The second-order valence-electron chi connectivity index (χ2n) is 6.93. The van der Waals surface area contributed by atoms with Crippen LogP contribution in [0, 0.1) is 0 Å². The Balaban J connectivity index is 1.70. The van der Waals surface area contributed by atoms with Crippen LogP contribution in [-0.4, -0.2) is 32.5 Å². The Morgan fingerprint density at radius 2 is 1.64 bits per heavy atom. The highest BCUT2D eigenvalue weighted by molar-refractivity contribution is 7.93. The maximum absolute atomic E-state index is 12.9. The van der Waals surface area contributed by atoms with Gasteiger partial charge >= 0.3 is 5.97 Å². The summed E-state index contributed by atoms with van der Waals surface area (Å²) >= 11 is 6.00. The summed E-state index contributed by atoms with van der Waals surface area (Å²) in [5, 5.41) is 9.18. The summed E-state index contributed by atoms with van der Waals surface area (Å²) in [4.78, 5) is 11.2. The summed E-state index contributed by atoms with van der Waals surface area (Å²) in [5.41, 5.74) is -0.156. The van der Waals surface area contributed by atoms with E-state index >= 15 is 0 Å². The molecule has 2 heterocycles. The number of carboxylic acid groups (broad SMARTS) is 1. The molecule has 0 aliphatic carbocycles. The Hall–Kier alpha value is -3.48. The Morgan fingerprint density at radius 1 is 0.939 bits per heavy atom. The minimum atomic E-state index is -4.28. The van der Waals surface area contributed by atoms with Crippen LogP contribution in [0.2, 0.25) is 5.02 Å². The smallest absolute Gasteiger partial charge is 0.352 e. The Kier molecular flexibility index (Phi) is 5.60. The van der Waals surface area contributed by atoms with Gasteiger partial charge in [-0.3, -0.25) is 9.44 Å². The molecule has 3 N–H and O–H groups in total. The average Bonchev–Trinajstić information content (AvgIpc) is 3.34. The Bertz CT molecular complexity index is 1570. The number of carbonyl (C=O) groups is 1. The number of sulfonamides is 2. The van der Waals surface area contributed by atoms with E-state index in [0.717, 1.165) is 16.7 Å². The third-order valence-electron chi connectivity index (χ3n) is 4.71. The van der Waals surface area contributed by atoms with Gasteiger partial charge < -0.3 is 14.1 Å². The van der Waals surface area contributed by atoms with Crippen molar-refractivity contribution in [1.29, 1.82) is 0 Å². The van der Waals surface area contributed by atoms with E-state index in [1.54, 1.807) is 24.3 Å². The van der Waals surface area contributed by atoms with Gasteiger partial charge in [-0.25, -0.2) is 4.79 Å². The predicted octanol–water partition coefficient (Wildman–Crippen LogP) is 3.72. The van der Waals surface area contributed by atoms with Gasteiger partial charge in [-0.2, -0.15) is 16.8 Å². The summed E-state index contributed by atoms with van der Waals surface area (Å²) in [6.45, 7) is 0. The maximum Gasteiger partial charge on any atom is 0.352 e. The molecule has 0 spiro atoms. The van der Waals surface area contributed by atoms with Crippen molar-refractivity contribution >= 4 is 60.0 Å². The van der Waals surface area contributed by atoms with Crippen molar-refractivity contribution in [2.45, 2.75) is 10.1 Å². The Labute approximate surface area is 193 Å². The molecule has 4 aromatic rings. The van der Waals surface area contributed by atoms with Crippen LogP contribution in [0.5, 0.6) is 0 Å². The second kappa shape index (κ2) is 8.14. The van der Waals surface area contributed by atoms with E-state index in [-0.39, 0.29) is 32.2 Å². The van der Waals surface area contributed by atoms with Crippen LogP contribution in [0.1, 0.15) is 10.5 Å². The largest absolute Gasteiger partial charge is 0.477 e. The number of nitrogens with zero attached hydrogens (tertiary/aromatic N) is 1. The number of benzene rings is 2. The van der Waals surface area contributed by atoms with E-state index in [1.165, 1.54) is 31.3 Å². The molecule has 0 fully saturated rings. The molecule has 0 aliphatic heterocycles. The third-order valence-corrected chi connectivity index (χ3v) is 7.61.